The number of hydrogen-bond acceptors (Lipinski definition) is 7. The number of aromatic amines is 1. The number of tetrazole rings is 1. The van der Waals surface area contributed by atoms with Crippen LogP contribution in [0, 0.1) is 0 Å². The van der Waals surface area contributed by atoms with Crippen molar-refractivity contribution in [3.05, 3.63) is 58.4 Å². The van der Waals surface area contributed by atoms with Crippen LogP contribution in [0.4, 0.5) is 55.9 Å². The third-order valence-electron chi connectivity index (χ3n) is 7.23. The fraction of sp³-hybridized carbons (Fsp3) is 0.519. The Kier molecular flexibility index (Phi) is 9.75. The molecular weight excluding hydrogens is 639 g/mol. The molecule has 2 atom stereocenters. The summed E-state index contributed by atoms with van der Waals surface area (Å²) in [7, 11) is 4.88. The summed E-state index contributed by atoms with van der Waals surface area (Å²) in [5, 5.41) is 10.5. The molecule has 10 nitrogen and oxygen atoms in total. The molecule has 3 aromatic rings. The van der Waals surface area contributed by atoms with Crippen LogP contribution in [0.15, 0.2) is 30.3 Å². The maximum Gasteiger partial charge on any atom is 0.433 e. The van der Waals surface area contributed by atoms with E-state index in [0.29, 0.717) is 24.7 Å². The van der Waals surface area contributed by atoms with Gasteiger partial charge in [-0.3, -0.25) is 4.90 Å². The van der Waals surface area contributed by atoms with Crippen molar-refractivity contribution in [1.82, 2.24) is 25.3 Å². The highest BCUT2D eigenvalue weighted by Gasteiger charge is 2.44. The number of fused-ring (bicyclic) bond motifs is 1. The van der Waals surface area contributed by atoms with Crippen molar-refractivity contribution in [3.63, 3.8) is 0 Å². The van der Waals surface area contributed by atoms with Crippen LogP contribution in [0.2, 0.25) is 0 Å². The molecule has 2 aromatic heterocycles. The molecule has 4 rings (SSSR count). The Labute approximate surface area is 256 Å². The zero-order valence-electron chi connectivity index (χ0n) is 24.9. The molecular formula is C27H30F9N8O2+. The van der Waals surface area contributed by atoms with Crippen molar-refractivity contribution in [3.8, 4) is 0 Å². The van der Waals surface area contributed by atoms with Crippen molar-refractivity contribution in [1.29, 1.82) is 0 Å². The summed E-state index contributed by atoms with van der Waals surface area (Å²) in [6, 6.07) is 0.746. The summed E-state index contributed by atoms with van der Waals surface area (Å²) in [6.07, 6.45) is -16.0. The summed E-state index contributed by atoms with van der Waals surface area (Å²) >= 11 is 0. The Morgan fingerprint density at radius 3 is 2.15 bits per heavy atom. The van der Waals surface area contributed by atoms with Gasteiger partial charge in [0.1, 0.15) is 19.3 Å². The van der Waals surface area contributed by atoms with Crippen LogP contribution in [0.3, 0.4) is 0 Å². The van der Waals surface area contributed by atoms with E-state index in [0.717, 1.165) is 20.7 Å². The van der Waals surface area contributed by atoms with Crippen molar-refractivity contribution in [2.75, 3.05) is 37.0 Å². The van der Waals surface area contributed by atoms with Crippen molar-refractivity contribution < 1.29 is 53.8 Å². The number of benzene rings is 1. The Morgan fingerprint density at radius 2 is 1.65 bits per heavy atom. The third kappa shape index (κ3) is 7.79. The number of H-pyrrole nitrogens is 1. The van der Waals surface area contributed by atoms with E-state index in [1.54, 1.807) is 25.9 Å². The number of likely N-dealkylation sites (N-methyl/N-ethyl adjacent to an activating group) is 1. The van der Waals surface area contributed by atoms with Crippen molar-refractivity contribution >= 4 is 17.7 Å². The minimum atomic E-state index is -5.14. The number of aromatic nitrogens is 5. The smallest absolute Gasteiger partial charge is 0.433 e. The number of alkyl halides is 9. The Morgan fingerprint density at radius 1 is 1.02 bits per heavy atom. The van der Waals surface area contributed by atoms with Gasteiger partial charge in [-0.15, -0.1) is 0 Å². The molecule has 46 heavy (non-hydrogen) atoms. The number of carbonyl (C=O) groups excluding carboxylic acids is 1. The van der Waals surface area contributed by atoms with Crippen LogP contribution in [0.1, 0.15) is 53.9 Å². The maximum absolute atomic E-state index is 13.9. The SMILES string of the molecule is CC[C@@H]1C[C@H](N(Cc2cc(C(F)(F)F)cc(C(F)(F)F)c2)c2n[nH][n+](C)n2)c2nc(C(F)(F)F)ccc2N1C(=O)OCCN(C)C. The summed E-state index contributed by atoms with van der Waals surface area (Å²) in [5.74, 6) is -0.250. The number of nitrogens with one attached hydrogen (secondary N) is 1. The lowest BCUT2D eigenvalue weighted by Gasteiger charge is -2.42. The second-order valence-electron chi connectivity index (χ2n) is 10.9. The predicted molar refractivity (Wildman–Crippen MR) is 143 cm³/mol. The minimum Gasteiger partial charge on any atom is -0.448 e. The van der Waals surface area contributed by atoms with Gasteiger partial charge in [0, 0.05) is 24.2 Å². The highest BCUT2D eigenvalue weighted by atomic mass is 19.4. The fourth-order valence-electron chi connectivity index (χ4n) is 5.05. The normalized spacial score (nSPS) is 17.3. The number of ether oxygens (including phenoxy) is 1. The Hall–Kier alpha value is -4.16. The van der Waals surface area contributed by atoms with E-state index in [9.17, 15) is 44.3 Å². The Balaban J connectivity index is 1.89. The number of rotatable bonds is 8. The summed E-state index contributed by atoms with van der Waals surface area (Å²) in [5.41, 5.74) is -5.34. The number of hydrogen-bond donors (Lipinski definition) is 1. The monoisotopic (exact) mass is 669 g/mol. The van der Waals surface area contributed by atoms with Gasteiger partial charge in [-0.25, -0.2) is 9.78 Å². The lowest BCUT2D eigenvalue weighted by molar-refractivity contribution is -0.783. The first kappa shape index (κ1) is 34.7. The molecule has 1 aliphatic rings. The van der Waals surface area contributed by atoms with Gasteiger partial charge in [-0.2, -0.15) is 39.5 Å². The van der Waals surface area contributed by atoms with E-state index in [-0.39, 0.29) is 42.8 Å². The molecule has 0 spiro atoms. The minimum absolute atomic E-state index is 0.0272. The van der Waals surface area contributed by atoms with Gasteiger partial charge in [0.2, 0.25) is 0 Å². The highest BCUT2D eigenvalue weighted by molar-refractivity contribution is 5.90. The van der Waals surface area contributed by atoms with Crippen LogP contribution in [-0.2, 0) is 36.9 Å². The van der Waals surface area contributed by atoms with E-state index in [4.69, 9.17) is 4.74 Å². The van der Waals surface area contributed by atoms with Gasteiger partial charge in [-0.1, -0.05) is 11.7 Å². The third-order valence-corrected chi connectivity index (χ3v) is 7.23. The number of carbonyl (C=O) groups is 1. The van der Waals surface area contributed by atoms with Gasteiger partial charge >= 0.3 is 30.6 Å². The molecule has 0 fully saturated rings. The lowest BCUT2D eigenvalue weighted by atomic mass is 9.91. The second-order valence-corrected chi connectivity index (χ2v) is 10.9. The van der Waals surface area contributed by atoms with Gasteiger partial charge in [0.05, 0.1) is 33.6 Å². The molecule has 0 saturated heterocycles. The first-order chi connectivity index (χ1) is 21.3. The van der Waals surface area contributed by atoms with Crippen LogP contribution in [-0.4, -0.2) is 64.7 Å². The zero-order valence-corrected chi connectivity index (χ0v) is 24.9. The van der Waals surface area contributed by atoms with E-state index < -0.39 is 65.6 Å². The summed E-state index contributed by atoms with van der Waals surface area (Å²) < 4.78 is 129. The average molecular weight is 670 g/mol. The number of nitrogens with zero attached hydrogens (tertiary/aromatic N) is 7. The Bertz CT molecular complexity index is 1510. The molecule has 0 radical (unpaired) electrons. The van der Waals surface area contributed by atoms with Gasteiger partial charge < -0.3 is 14.5 Å². The van der Waals surface area contributed by atoms with E-state index in [2.05, 4.69) is 20.4 Å². The van der Waals surface area contributed by atoms with Gasteiger partial charge in [0.25, 0.3) is 0 Å². The topological polar surface area (TPSA) is 94.4 Å². The van der Waals surface area contributed by atoms with E-state index >= 15 is 0 Å². The largest absolute Gasteiger partial charge is 0.448 e. The maximum atomic E-state index is 13.9. The van der Waals surface area contributed by atoms with Crippen LogP contribution in [0.25, 0.3) is 0 Å². The van der Waals surface area contributed by atoms with Crippen LogP contribution >= 0.6 is 0 Å². The highest BCUT2D eigenvalue weighted by Crippen LogP contribution is 2.44. The standard InChI is InChI=1S/C27H29F9N8O2/c1-5-18-13-20(22-19(6-7-21(37-22)27(34,35)36)44(18)24(45)46-9-8-41(2)3)43(23-38-40-42(4)39-23)14-15-10-16(25(28,29)30)12-17(11-15)26(31,32)33/h6-7,10-12,18,20H,5,8-9,13-14H2,1-4H3/p+1/t18-,20+/m1/s1. The van der Waals surface area contributed by atoms with E-state index in [1.165, 1.54) is 7.05 Å². The number of amides is 1. The molecule has 1 N–H and O–H groups in total. The molecule has 1 aromatic carbocycles. The molecule has 3 heterocycles. The molecule has 0 unspecified atom stereocenters. The van der Waals surface area contributed by atoms with E-state index in [1.807, 2.05) is 0 Å². The van der Waals surface area contributed by atoms with Gasteiger partial charge in [0.15, 0.2) is 0 Å². The van der Waals surface area contributed by atoms with Crippen LogP contribution < -0.4 is 14.6 Å². The number of pyridine rings is 1. The molecule has 252 valence electrons. The summed E-state index contributed by atoms with van der Waals surface area (Å²) in [6.45, 7) is 1.31. The van der Waals surface area contributed by atoms with Gasteiger partial charge in [-0.05, 0) is 68.0 Å². The van der Waals surface area contributed by atoms with Crippen molar-refractivity contribution in [2.24, 2.45) is 7.05 Å². The molecule has 1 aliphatic heterocycles. The van der Waals surface area contributed by atoms with Crippen molar-refractivity contribution in [2.45, 2.75) is 56.9 Å². The number of aryl methyl sites for hydroxylation is 1. The number of anilines is 2. The molecule has 19 heteroatoms. The lowest BCUT2D eigenvalue weighted by Crippen LogP contribution is -2.49. The van der Waals surface area contributed by atoms with Crippen LogP contribution in [0.5, 0.6) is 0 Å². The predicted octanol–water partition coefficient (Wildman–Crippen LogP) is 5.52. The summed E-state index contributed by atoms with van der Waals surface area (Å²) in [4.78, 5) is 22.3. The molecule has 0 bridgehead atoms. The molecule has 0 aliphatic carbocycles. The first-order valence-corrected chi connectivity index (χ1v) is 13.8. The quantitative estimate of drug-likeness (QED) is 0.250. The average Bonchev–Trinajstić information content (AvgIpc) is 3.38. The molecule has 1 amide bonds. The molecule has 0 saturated carbocycles. The zero-order chi connectivity index (χ0) is 34.2. The first-order valence-electron chi connectivity index (χ1n) is 13.8. The fourth-order valence-corrected chi connectivity index (χ4v) is 5.05. The second kappa shape index (κ2) is 12.9. The number of halogens is 9.